The largest absolute Gasteiger partial charge is 0.484 e. The fraction of sp³-hybridized carbons (Fsp3) is 0.0455. The number of anilines is 1. The summed E-state index contributed by atoms with van der Waals surface area (Å²) < 4.78 is 5.47. The normalized spacial score (nSPS) is 10.6. The van der Waals surface area contributed by atoms with E-state index in [9.17, 15) is 19.7 Å². The van der Waals surface area contributed by atoms with Crippen LogP contribution in [0.1, 0.15) is 0 Å². The van der Waals surface area contributed by atoms with Crippen molar-refractivity contribution < 1.29 is 14.5 Å². The van der Waals surface area contributed by atoms with Gasteiger partial charge in [-0.1, -0.05) is 12.1 Å². The minimum atomic E-state index is -0.512. The monoisotopic (exact) mass is 416 g/mol. The van der Waals surface area contributed by atoms with Gasteiger partial charge in [0.1, 0.15) is 11.6 Å². The minimum Gasteiger partial charge on any atom is -0.484 e. The lowest BCUT2D eigenvalue weighted by atomic mass is 10.2. The molecule has 0 aliphatic heterocycles. The number of para-hydroxylation sites is 1. The van der Waals surface area contributed by atoms with Crippen LogP contribution in [0.25, 0.3) is 22.3 Å². The van der Waals surface area contributed by atoms with E-state index in [4.69, 9.17) is 4.74 Å². The van der Waals surface area contributed by atoms with E-state index in [-0.39, 0.29) is 17.9 Å². The molecule has 0 unspecified atom stereocenters. The minimum absolute atomic E-state index is 0.0587. The SMILES string of the molecule is O=C(COc1ccc(-c2nc3ccccc3c(=O)[nH]2)cc1)Nc1ccc([N+](=O)[O-])cc1. The zero-order valence-electron chi connectivity index (χ0n) is 16.1. The maximum absolute atomic E-state index is 12.2. The number of rotatable bonds is 6. The second-order valence-electron chi connectivity index (χ2n) is 6.60. The number of aromatic nitrogens is 2. The number of ether oxygens (including phenoxy) is 1. The van der Waals surface area contributed by atoms with Gasteiger partial charge in [-0.15, -0.1) is 0 Å². The van der Waals surface area contributed by atoms with Crippen LogP contribution in [-0.4, -0.2) is 27.4 Å². The number of hydrogen-bond acceptors (Lipinski definition) is 6. The number of carbonyl (C=O) groups excluding carboxylic acids is 1. The molecule has 0 bridgehead atoms. The van der Waals surface area contributed by atoms with Gasteiger partial charge in [-0.25, -0.2) is 4.98 Å². The first-order valence-electron chi connectivity index (χ1n) is 9.26. The van der Waals surface area contributed by atoms with Gasteiger partial charge in [-0.3, -0.25) is 19.7 Å². The van der Waals surface area contributed by atoms with Crippen LogP contribution in [-0.2, 0) is 4.79 Å². The number of carbonyl (C=O) groups is 1. The molecule has 0 saturated carbocycles. The van der Waals surface area contributed by atoms with Crippen LogP contribution in [0.3, 0.4) is 0 Å². The Hall–Kier alpha value is -4.53. The van der Waals surface area contributed by atoms with Gasteiger partial charge in [0, 0.05) is 23.4 Å². The van der Waals surface area contributed by atoms with E-state index in [0.29, 0.717) is 33.7 Å². The number of non-ortho nitro benzene ring substituents is 1. The standard InChI is InChI=1S/C22H16N4O5/c27-20(23-15-7-9-16(10-8-15)26(29)30)13-31-17-11-5-14(6-12-17)21-24-19-4-2-1-3-18(19)22(28)25-21/h1-12H,13H2,(H,23,27)(H,24,25,28). The molecule has 0 saturated heterocycles. The number of nitro benzene ring substituents is 1. The molecule has 31 heavy (non-hydrogen) atoms. The Morgan fingerprint density at radius 1 is 1.03 bits per heavy atom. The Kier molecular flexibility index (Phi) is 5.39. The van der Waals surface area contributed by atoms with Gasteiger partial charge >= 0.3 is 0 Å². The fourth-order valence-electron chi connectivity index (χ4n) is 2.94. The van der Waals surface area contributed by atoms with Crippen molar-refractivity contribution in [2.45, 2.75) is 0 Å². The van der Waals surface area contributed by atoms with E-state index in [1.807, 2.05) is 6.07 Å². The van der Waals surface area contributed by atoms with Crippen LogP contribution in [0.15, 0.2) is 77.6 Å². The van der Waals surface area contributed by atoms with Gasteiger partial charge in [-0.2, -0.15) is 0 Å². The summed E-state index contributed by atoms with van der Waals surface area (Å²) in [6.07, 6.45) is 0. The smallest absolute Gasteiger partial charge is 0.269 e. The highest BCUT2D eigenvalue weighted by Crippen LogP contribution is 2.20. The highest BCUT2D eigenvalue weighted by atomic mass is 16.6. The highest BCUT2D eigenvalue weighted by molar-refractivity contribution is 5.92. The molecule has 0 aliphatic rings. The molecule has 0 spiro atoms. The van der Waals surface area contributed by atoms with E-state index < -0.39 is 10.8 Å². The average molecular weight is 416 g/mol. The van der Waals surface area contributed by atoms with Crippen LogP contribution < -0.4 is 15.6 Å². The fourth-order valence-corrected chi connectivity index (χ4v) is 2.94. The van der Waals surface area contributed by atoms with Crippen LogP contribution in [0.5, 0.6) is 5.75 Å². The topological polar surface area (TPSA) is 127 Å². The van der Waals surface area contributed by atoms with Crippen LogP contribution >= 0.6 is 0 Å². The first kappa shape index (κ1) is 19.8. The molecule has 1 aromatic heterocycles. The van der Waals surface area contributed by atoms with Crippen molar-refractivity contribution in [1.82, 2.24) is 9.97 Å². The molecule has 0 fully saturated rings. The lowest BCUT2D eigenvalue weighted by molar-refractivity contribution is -0.384. The maximum atomic E-state index is 12.2. The Balaban J connectivity index is 1.39. The summed E-state index contributed by atoms with van der Waals surface area (Å²) in [6.45, 7) is -0.235. The predicted octanol–water partition coefficient (Wildman–Crippen LogP) is 3.52. The number of H-pyrrole nitrogens is 1. The van der Waals surface area contributed by atoms with E-state index >= 15 is 0 Å². The molecule has 9 nitrogen and oxygen atoms in total. The van der Waals surface area contributed by atoms with Crippen molar-refractivity contribution in [3.05, 3.63) is 93.3 Å². The summed E-state index contributed by atoms with van der Waals surface area (Å²) in [5.41, 5.74) is 1.45. The van der Waals surface area contributed by atoms with E-state index in [1.54, 1.807) is 42.5 Å². The summed E-state index contributed by atoms with van der Waals surface area (Å²) in [4.78, 5) is 41.6. The van der Waals surface area contributed by atoms with Gasteiger partial charge in [-0.05, 0) is 48.5 Å². The first-order valence-corrected chi connectivity index (χ1v) is 9.26. The lowest BCUT2D eigenvalue weighted by Gasteiger charge is -2.08. The van der Waals surface area contributed by atoms with Gasteiger partial charge < -0.3 is 15.0 Å². The molecule has 0 radical (unpaired) electrons. The number of nitrogens with zero attached hydrogens (tertiary/aromatic N) is 2. The van der Waals surface area contributed by atoms with Crippen LogP contribution in [0, 0.1) is 10.1 Å². The number of benzene rings is 3. The number of amides is 1. The number of fused-ring (bicyclic) bond motifs is 1. The highest BCUT2D eigenvalue weighted by Gasteiger charge is 2.09. The molecule has 0 aliphatic carbocycles. The third-order valence-corrected chi connectivity index (χ3v) is 4.47. The van der Waals surface area contributed by atoms with Crippen molar-refractivity contribution in [2.75, 3.05) is 11.9 Å². The number of aromatic amines is 1. The summed E-state index contributed by atoms with van der Waals surface area (Å²) in [5.74, 6) is 0.496. The van der Waals surface area contributed by atoms with Crippen molar-refractivity contribution in [3.8, 4) is 17.1 Å². The van der Waals surface area contributed by atoms with E-state index in [0.717, 1.165) is 0 Å². The molecular weight excluding hydrogens is 400 g/mol. The summed E-state index contributed by atoms with van der Waals surface area (Å²) in [6, 6.07) is 19.4. The molecule has 1 amide bonds. The molecule has 4 aromatic rings. The van der Waals surface area contributed by atoms with Crippen molar-refractivity contribution >= 4 is 28.2 Å². The number of nitro groups is 1. The predicted molar refractivity (Wildman–Crippen MR) is 115 cm³/mol. The first-order chi connectivity index (χ1) is 15.0. The number of hydrogen-bond donors (Lipinski definition) is 2. The number of nitrogens with one attached hydrogen (secondary N) is 2. The maximum Gasteiger partial charge on any atom is 0.269 e. The van der Waals surface area contributed by atoms with Crippen molar-refractivity contribution in [1.29, 1.82) is 0 Å². The molecular formula is C22H16N4O5. The van der Waals surface area contributed by atoms with E-state index in [1.165, 1.54) is 24.3 Å². The zero-order chi connectivity index (χ0) is 21.8. The van der Waals surface area contributed by atoms with Gasteiger partial charge in [0.2, 0.25) is 0 Å². The third-order valence-electron chi connectivity index (χ3n) is 4.47. The van der Waals surface area contributed by atoms with Crippen LogP contribution in [0.4, 0.5) is 11.4 Å². The molecule has 1 heterocycles. The summed E-state index contributed by atoms with van der Waals surface area (Å²) >= 11 is 0. The summed E-state index contributed by atoms with van der Waals surface area (Å²) in [7, 11) is 0. The molecule has 0 atom stereocenters. The molecule has 9 heteroatoms. The Bertz CT molecular complexity index is 1310. The third kappa shape index (κ3) is 4.56. The molecule has 3 aromatic carbocycles. The summed E-state index contributed by atoms with van der Waals surface area (Å²) in [5, 5.41) is 13.8. The lowest BCUT2D eigenvalue weighted by Crippen LogP contribution is -2.20. The molecule has 2 N–H and O–H groups in total. The average Bonchev–Trinajstić information content (AvgIpc) is 2.78. The second-order valence-corrected chi connectivity index (χ2v) is 6.60. The Labute approximate surface area is 175 Å². The van der Waals surface area contributed by atoms with Gasteiger partial charge in [0.15, 0.2) is 6.61 Å². The van der Waals surface area contributed by atoms with Crippen molar-refractivity contribution in [2.24, 2.45) is 0 Å². The zero-order valence-corrected chi connectivity index (χ0v) is 16.1. The molecule has 4 rings (SSSR count). The van der Waals surface area contributed by atoms with Crippen molar-refractivity contribution in [3.63, 3.8) is 0 Å². The Morgan fingerprint density at radius 3 is 2.45 bits per heavy atom. The van der Waals surface area contributed by atoms with Gasteiger partial charge in [0.05, 0.1) is 15.8 Å². The second kappa shape index (κ2) is 8.46. The van der Waals surface area contributed by atoms with E-state index in [2.05, 4.69) is 15.3 Å². The molecule has 154 valence electrons. The quantitative estimate of drug-likeness (QED) is 0.366. The Morgan fingerprint density at radius 2 is 1.74 bits per heavy atom. The van der Waals surface area contributed by atoms with Crippen LogP contribution in [0.2, 0.25) is 0 Å². The van der Waals surface area contributed by atoms with Gasteiger partial charge in [0.25, 0.3) is 17.2 Å².